The zero-order valence-electron chi connectivity index (χ0n) is 9.99. The van der Waals surface area contributed by atoms with Gasteiger partial charge in [-0.1, -0.05) is 13.3 Å². The fraction of sp³-hybridized carbons (Fsp3) is 1.00. The molecule has 0 unspecified atom stereocenters. The molecule has 0 aromatic heterocycles. The second kappa shape index (κ2) is 5.31. The molecule has 2 rings (SSSR count). The van der Waals surface area contributed by atoms with Crippen LogP contribution >= 0.6 is 0 Å². The molecule has 2 nitrogen and oxygen atoms in total. The summed E-state index contributed by atoms with van der Waals surface area (Å²) in [4.78, 5) is 2.61. The predicted molar refractivity (Wildman–Crippen MR) is 62.9 cm³/mol. The zero-order chi connectivity index (χ0) is 10.7. The largest absolute Gasteiger partial charge is 0.395 e. The van der Waals surface area contributed by atoms with Crippen molar-refractivity contribution in [1.29, 1.82) is 0 Å². The molecule has 0 aromatic carbocycles. The molecule has 0 heterocycles. The molecule has 2 aliphatic rings. The van der Waals surface area contributed by atoms with Crippen LogP contribution in [-0.2, 0) is 0 Å². The van der Waals surface area contributed by atoms with Crippen LogP contribution in [0.4, 0.5) is 0 Å². The first-order valence-electron chi connectivity index (χ1n) is 6.68. The van der Waals surface area contributed by atoms with Crippen LogP contribution in [0.15, 0.2) is 0 Å². The number of hydrogen-bond acceptors (Lipinski definition) is 2. The summed E-state index contributed by atoms with van der Waals surface area (Å²) in [7, 11) is 0. The molecular weight excluding hydrogens is 186 g/mol. The number of hydrogen-bond donors (Lipinski definition) is 1. The fourth-order valence-corrected chi connectivity index (χ4v) is 3.07. The van der Waals surface area contributed by atoms with Gasteiger partial charge in [-0.2, -0.15) is 0 Å². The quantitative estimate of drug-likeness (QED) is 0.772. The topological polar surface area (TPSA) is 23.5 Å². The van der Waals surface area contributed by atoms with Crippen molar-refractivity contribution < 1.29 is 5.11 Å². The molecule has 0 aliphatic heterocycles. The molecule has 1 N–H and O–H groups in total. The van der Waals surface area contributed by atoms with Gasteiger partial charge in [0.15, 0.2) is 0 Å². The van der Waals surface area contributed by atoms with Crippen LogP contribution < -0.4 is 0 Å². The summed E-state index contributed by atoms with van der Waals surface area (Å²) in [5, 5.41) is 9.15. The summed E-state index contributed by atoms with van der Waals surface area (Å²) in [5.74, 6) is 0.929. The monoisotopic (exact) mass is 211 g/mol. The van der Waals surface area contributed by atoms with E-state index in [-0.39, 0.29) is 0 Å². The second-order valence-corrected chi connectivity index (χ2v) is 5.46. The molecule has 0 bridgehead atoms. The highest BCUT2D eigenvalue weighted by atomic mass is 16.3. The standard InChI is InChI=1S/C13H25NO/c1-11-5-7-13(8-6-11)14(9-10-15)12-3-2-4-12/h11-13,15H,2-10H2,1H3. The number of nitrogens with zero attached hydrogens (tertiary/aromatic N) is 1. The highest BCUT2D eigenvalue weighted by Gasteiger charge is 2.31. The van der Waals surface area contributed by atoms with Crippen LogP contribution in [0.1, 0.15) is 51.9 Å². The van der Waals surface area contributed by atoms with E-state index < -0.39 is 0 Å². The van der Waals surface area contributed by atoms with E-state index in [1.165, 1.54) is 44.9 Å². The molecule has 0 atom stereocenters. The van der Waals surface area contributed by atoms with Gasteiger partial charge in [0.25, 0.3) is 0 Å². The Morgan fingerprint density at radius 2 is 1.60 bits per heavy atom. The molecule has 0 saturated heterocycles. The highest BCUT2D eigenvalue weighted by molar-refractivity contribution is 4.87. The summed E-state index contributed by atoms with van der Waals surface area (Å²) >= 11 is 0. The number of aliphatic hydroxyl groups is 1. The van der Waals surface area contributed by atoms with E-state index in [1.807, 2.05) is 0 Å². The van der Waals surface area contributed by atoms with E-state index in [4.69, 9.17) is 5.11 Å². The third-order valence-electron chi connectivity index (χ3n) is 4.36. The summed E-state index contributed by atoms with van der Waals surface area (Å²) < 4.78 is 0. The van der Waals surface area contributed by atoms with Gasteiger partial charge in [-0.05, 0) is 44.4 Å². The van der Waals surface area contributed by atoms with E-state index in [0.29, 0.717) is 6.61 Å². The van der Waals surface area contributed by atoms with Crippen molar-refractivity contribution in [2.24, 2.45) is 5.92 Å². The Morgan fingerprint density at radius 1 is 1.00 bits per heavy atom. The Labute approximate surface area is 93.7 Å². The van der Waals surface area contributed by atoms with Crippen LogP contribution in [0.2, 0.25) is 0 Å². The Hall–Kier alpha value is -0.0800. The highest BCUT2D eigenvalue weighted by Crippen LogP contribution is 2.33. The van der Waals surface area contributed by atoms with Gasteiger partial charge in [0.05, 0.1) is 6.61 Å². The van der Waals surface area contributed by atoms with Gasteiger partial charge >= 0.3 is 0 Å². The van der Waals surface area contributed by atoms with Crippen molar-refractivity contribution in [3.05, 3.63) is 0 Å². The summed E-state index contributed by atoms with van der Waals surface area (Å²) in [6.45, 7) is 3.61. The lowest BCUT2D eigenvalue weighted by atomic mass is 9.83. The minimum absolute atomic E-state index is 0.336. The van der Waals surface area contributed by atoms with Gasteiger partial charge in [0, 0.05) is 18.6 Å². The summed E-state index contributed by atoms with van der Waals surface area (Å²) in [6, 6.07) is 1.58. The summed E-state index contributed by atoms with van der Waals surface area (Å²) in [5.41, 5.74) is 0. The Bertz CT molecular complexity index is 183. The normalized spacial score (nSPS) is 33.0. The molecule has 15 heavy (non-hydrogen) atoms. The predicted octanol–water partition coefficient (Wildman–Crippen LogP) is 2.41. The minimum atomic E-state index is 0.336. The molecular formula is C13H25NO. The average molecular weight is 211 g/mol. The van der Waals surface area contributed by atoms with E-state index in [0.717, 1.165) is 24.5 Å². The SMILES string of the molecule is CC1CCC(N(CCO)C2CCC2)CC1. The molecule has 0 amide bonds. The van der Waals surface area contributed by atoms with Gasteiger partial charge in [-0.25, -0.2) is 0 Å². The van der Waals surface area contributed by atoms with Crippen LogP contribution in [0.5, 0.6) is 0 Å². The van der Waals surface area contributed by atoms with Gasteiger partial charge in [-0.3, -0.25) is 4.90 Å². The lowest BCUT2D eigenvalue weighted by molar-refractivity contribution is 0.0378. The molecule has 2 fully saturated rings. The van der Waals surface area contributed by atoms with Crippen molar-refractivity contribution in [2.75, 3.05) is 13.2 Å². The lowest BCUT2D eigenvalue weighted by Gasteiger charge is -2.44. The van der Waals surface area contributed by atoms with E-state index in [2.05, 4.69) is 11.8 Å². The maximum Gasteiger partial charge on any atom is 0.0558 e. The van der Waals surface area contributed by atoms with Crippen molar-refractivity contribution in [3.63, 3.8) is 0 Å². The molecule has 0 spiro atoms. The van der Waals surface area contributed by atoms with Crippen LogP contribution in [0, 0.1) is 5.92 Å². The molecule has 88 valence electrons. The van der Waals surface area contributed by atoms with Crippen molar-refractivity contribution in [2.45, 2.75) is 64.0 Å². The van der Waals surface area contributed by atoms with Crippen LogP contribution in [0.3, 0.4) is 0 Å². The maximum absolute atomic E-state index is 9.15. The lowest BCUT2D eigenvalue weighted by Crippen LogP contribution is -2.49. The van der Waals surface area contributed by atoms with Gasteiger partial charge in [-0.15, -0.1) is 0 Å². The summed E-state index contributed by atoms with van der Waals surface area (Å²) in [6.07, 6.45) is 9.63. The van der Waals surface area contributed by atoms with E-state index >= 15 is 0 Å². The third kappa shape index (κ3) is 2.73. The average Bonchev–Trinajstić information content (AvgIpc) is 2.16. The molecule has 0 radical (unpaired) electrons. The van der Waals surface area contributed by atoms with E-state index in [9.17, 15) is 0 Å². The Balaban J connectivity index is 1.86. The first kappa shape index (κ1) is 11.4. The second-order valence-electron chi connectivity index (χ2n) is 5.46. The molecule has 2 heteroatoms. The van der Waals surface area contributed by atoms with Crippen LogP contribution in [0.25, 0.3) is 0 Å². The van der Waals surface area contributed by atoms with E-state index in [1.54, 1.807) is 0 Å². The first-order valence-corrected chi connectivity index (χ1v) is 6.68. The smallest absolute Gasteiger partial charge is 0.0558 e. The van der Waals surface area contributed by atoms with Crippen molar-refractivity contribution in [3.8, 4) is 0 Å². The first-order chi connectivity index (χ1) is 7.31. The maximum atomic E-state index is 9.15. The fourth-order valence-electron chi connectivity index (χ4n) is 3.07. The van der Waals surface area contributed by atoms with Gasteiger partial charge in [0.2, 0.25) is 0 Å². The minimum Gasteiger partial charge on any atom is -0.395 e. The van der Waals surface area contributed by atoms with Crippen molar-refractivity contribution in [1.82, 2.24) is 4.90 Å². The van der Waals surface area contributed by atoms with Gasteiger partial charge in [0.1, 0.15) is 0 Å². The number of aliphatic hydroxyl groups excluding tert-OH is 1. The Kier molecular flexibility index (Phi) is 4.04. The van der Waals surface area contributed by atoms with Crippen LogP contribution in [-0.4, -0.2) is 35.2 Å². The number of rotatable bonds is 4. The molecule has 2 aliphatic carbocycles. The van der Waals surface area contributed by atoms with Gasteiger partial charge < -0.3 is 5.11 Å². The Morgan fingerprint density at radius 3 is 2.07 bits per heavy atom. The molecule has 2 saturated carbocycles. The van der Waals surface area contributed by atoms with Crippen molar-refractivity contribution >= 4 is 0 Å². The molecule has 0 aromatic rings. The third-order valence-corrected chi connectivity index (χ3v) is 4.36. The zero-order valence-corrected chi connectivity index (χ0v) is 9.99.